The Hall–Kier alpha value is -0.160. The van der Waals surface area contributed by atoms with Crippen molar-refractivity contribution in [3.8, 4) is 0 Å². The zero-order valence-corrected chi connectivity index (χ0v) is 9.00. The van der Waals surface area contributed by atoms with Crippen LogP contribution in [-0.4, -0.2) is 45.6 Å². The largest absolute Gasteiger partial charge is 0.379 e. The Labute approximate surface area is 86.1 Å². The zero-order chi connectivity index (χ0) is 10.2. The number of methoxy groups -OCH3 is 1. The maximum Gasteiger partial charge on any atom is 0.0817 e. The van der Waals surface area contributed by atoms with E-state index in [-0.39, 0.29) is 6.10 Å². The van der Waals surface area contributed by atoms with Crippen LogP contribution in [0.25, 0.3) is 0 Å². The van der Waals surface area contributed by atoms with Crippen LogP contribution in [0.1, 0.15) is 19.3 Å². The van der Waals surface area contributed by atoms with Gasteiger partial charge in [0.2, 0.25) is 0 Å². The van der Waals surface area contributed by atoms with Gasteiger partial charge in [0.1, 0.15) is 0 Å². The molecule has 2 unspecified atom stereocenters. The van der Waals surface area contributed by atoms with Crippen LogP contribution in [0.3, 0.4) is 0 Å². The summed E-state index contributed by atoms with van der Waals surface area (Å²) in [5.41, 5.74) is 5.50. The van der Waals surface area contributed by atoms with E-state index in [0.717, 1.165) is 26.1 Å². The van der Waals surface area contributed by atoms with Crippen molar-refractivity contribution in [2.75, 3.05) is 33.4 Å². The van der Waals surface area contributed by atoms with Crippen molar-refractivity contribution in [1.82, 2.24) is 5.32 Å². The van der Waals surface area contributed by atoms with Crippen molar-refractivity contribution in [2.24, 2.45) is 5.73 Å². The van der Waals surface area contributed by atoms with Gasteiger partial charge in [-0.3, -0.25) is 0 Å². The first kappa shape index (κ1) is 11.9. The average Bonchev–Trinajstić information content (AvgIpc) is 2.71. The molecule has 0 aromatic heterocycles. The third kappa shape index (κ3) is 4.37. The number of hydrogen-bond donors (Lipinski definition) is 2. The van der Waals surface area contributed by atoms with E-state index in [9.17, 15) is 0 Å². The van der Waals surface area contributed by atoms with E-state index in [1.54, 1.807) is 7.11 Å². The van der Waals surface area contributed by atoms with E-state index >= 15 is 0 Å². The number of nitrogens with one attached hydrogen (secondary N) is 1. The van der Waals surface area contributed by atoms with Gasteiger partial charge in [-0.1, -0.05) is 0 Å². The minimum Gasteiger partial charge on any atom is -0.379 e. The fourth-order valence-corrected chi connectivity index (χ4v) is 1.66. The van der Waals surface area contributed by atoms with Gasteiger partial charge in [-0.15, -0.1) is 0 Å². The van der Waals surface area contributed by atoms with Gasteiger partial charge in [0.25, 0.3) is 0 Å². The van der Waals surface area contributed by atoms with Crippen molar-refractivity contribution in [3.63, 3.8) is 0 Å². The Morgan fingerprint density at radius 3 is 3.07 bits per heavy atom. The SMILES string of the molecule is COC(CN)CNCCC1CCCO1. The van der Waals surface area contributed by atoms with E-state index in [1.807, 2.05) is 0 Å². The highest BCUT2D eigenvalue weighted by molar-refractivity contribution is 4.67. The third-order valence-electron chi connectivity index (χ3n) is 2.64. The quantitative estimate of drug-likeness (QED) is 0.576. The second kappa shape index (κ2) is 7.17. The molecule has 84 valence electrons. The van der Waals surface area contributed by atoms with Gasteiger partial charge in [0, 0.05) is 26.8 Å². The molecule has 0 spiro atoms. The van der Waals surface area contributed by atoms with Crippen LogP contribution in [0, 0.1) is 0 Å². The summed E-state index contributed by atoms with van der Waals surface area (Å²) in [4.78, 5) is 0. The molecule has 14 heavy (non-hydrogen) atoms. The van der Waals surface area contributed by atoms with E-state index in [4.69, 9.17) is 15.2 Å². The summed E-state index contributed by atoms with van der Waals surface area (Å²) in [6, 6.07) is 0. The second-order valence-corrected chi connectivity index (χ2v) is 3.72. The molecule has 4 nitrogen and oxygen atoms in total. The molecule has 0 aliphatic carbocycles. The summed E-state index contributed by atoms with van der Waals surface area (Å²) < 4.78 is 10.7. The van der Waals surface area contributed by atoms with Crippen LogP contribution in [0.5, 0.6) is 0 Å². The lowest BCUT2D eigenvalue weighted by Crippen LogP contribution is -2.35. The van der Waals surface area contributed by atoms with Crippen molar-refractivity contribution in [2.45, 2.75) is 31.5 Å². The zero-order valence-electron chi connectivity index (χ0n) is 9.00. The molecular formula is C10H22N2O2. The van der Waals surface area contributed by atoms with Crippen molar-refractivity contribution in [3.05, 3.63) is 0 Å². The second-order valence-electron chi connectivity index (χ2n) is 3.72. The smallest absolute Gasteiger partial charge is 0.0817 e. The molecule has 1 heterocycles. The summed E-state index contributed by atoms with van der Waals surface area (Å²) in [5.74, 6) is 0. The summed E-state index contributed by atoms with van der Waals surface area (Å²) in [5, 5.41) is 3.33. The van der Waals surface area contributed by atoms with Gasteiger partial charge in [-0.25, -0.2) is 0 Å². The van der Waals surface area contributed by atoms with Crippen LogP contribution in [0.15, 0.2) is 0 Å². The maximum atomic E-state index is 5.52. The van der Waals surface area contributed by atoms with E-state index in [1.165, 1.54) is 12.8 Å². The lowest BCUT2D eigenvalue weighted by Gasteiger charge is -2.15. The fourth-order valence-electron chi connectivity index (χ4n) is 1.66. The predicted molar refractivity (Wildman–Crippen MR) is 56.3 cm³/mol. The Morgan fingerprint density at radius 1 is 1.64 bits per heavy atom. The van der Waals surface area contributed by atoms with Gasteiger partial charge < -0.3 is 20.5 Å². The topological polar surface area (TPSA) is 56.5 Å². The van der Waals surface area contributed by atoms with E-state index < -0.39 is 0 Å². The molecule has 1 aliphatic heterocycles. The molecule has 1 rings (SSSR count). The Morgan fingerprint density at radius 2 is 2.50 bits per heavy atom. The normalized spacial score (nSPS) is 24.0. The Kier molecular flexibility index (Phi) is 6.10. The number of nitrogens with two attached hydrogens (primary N) is 1. The van der Waals surface area contributed by atoms with Crippen molar-refractivity contribution in [1.29, 1.82) is 0 Å². The monoisotopic (exact) mass is 202 g/mol. The highest BCUT2D eigenvalue weighted by atomic mass is 16.5. The summed E-state index contributed by atoms with van der Waals surface area (Å²) in [6.45, 7) is 3.34. The summed E-state index contributed by atoms with van der Waals surface area (Å²) in [7, 11) is 1.69. The number of hydrogen-bond acceptors (Lipinski definition) is 4. The molecule has 2 atom stereocenters. The first-order valence-electron chi connectivity index (χ1n) is 5.42. The summed E-state index contributed by atoms with van der Waals surface area (Å²) in [6.07, 6.45) is 4.14. The molecule has 0 aromatic rings. The van der Waals surface area contributed by atoms with E-state index in [2.05, 4.69) is 5.32 Å². The lowest BCUT2D eigenvalue weighted by molar-refractivity contribution is 0.0951. The molecule has 0 amide bonds. The maximum absolute atomic E-state index is 5.52. The lowest BCUT2D eigenvalue weighted by atomic mass is 10.2. The molecule has 1 fully saturated rings. The molecule has 4 heteroatoms. The van der Waals surface area contributed by atoms with Gasteiger partial charge in [0.15, 0.2) is 0 Å². The Balaban J connectivity index is 1.92. The first-order valence-corrected chi connectivity index (χ1v) is 5.42. The predicted octanol–water partition coefficient (Wildman–Crippen LogP) is 0.119. The molecule has 3 N–H and O–H groups in total. The number of rotatable bonds is 7. The van der Waals surface area contributed by atoms with Gasteiger partial charge in [0.05, 0.1) is 12.2 Å². The molecule has 0 saturated carbocycles. The minimum absolute atomic E-state index is 0.138. The average molecular weight is 202 g/mol. The van der Waals surface area contributed by atoms with Gasteiger partial charge >= 0.3 is 0 Å². The highest BCUT2D eigenvalue weighted by Gasteiger charge is 2.14. The summed E-state index contributed by atoms with van der Waals surface area (Å²) >= 11 is 0. The molecule has 0 bridgehead atoms. The molecule has 0 radical (unpaired) electrons. The fraction of sp³-hybridized carbons (Fsp3) is 1.00. The third-order valence-corrected chi connectivity index (χ3v) is 2.64. The van der Waals surface area contributed by atoms with Crippen LogP contribution >= 0.6 is 0 Å². The van der Waals surface area contributed by atoms with Gasteiger partial charge in [-0.05, 0) is 25.8 Å². The van der Waals surface area contributed by atoms with Crippen LogP contribution in [0.4, 0.5) is 0 Å². The number of ether oxygens (including phenoxy) is 2. The minimum atomic E-state index is 0.138. The van der Waals surface area contributed by atoms with Crippen molar-refractivity contribution >= 4 is 0 Å². The van der Waals surface area contributed by atoms with Crippen LogP contribution < -0.4 is 11.1 Å². The van der Waals surface area contributed by atoms with Crippen LogP contribution in [-0.2, 0) is 9.47 Å². The highest BCUT2D eigenvalue weighted by Crippen LogP contribution is 2.14. The van der Waals surface area contributed by atoms with E-state index in [0.29, 0.717) is 12.6 Å². The molecular weight excluding hydrogens is 180 g/mol. The van der Waals surface area contributed by atoms with Crippen molar-refractivity contribution < 1.29 is 9.47 Å². The molecule has 1 aliphatic rings. The van der Waals surface area contributed by atoms with Gasteiger partial charge in [-0.2, -0.15) is 0 Å². The Bertz CT molecular complexity index is 130. The van der Waals surface area contributed by atoms with Crippen LogP contribution in [0.2, 0.25) is 0 Å². The molecule has 0 aromatic carbocycles. The first-order chi connectivity index (χ1) is 6.86. The standard InChI is InChI=1S/C10H22N2O2/c1-13-10(7-11)8-12-5-4-9-3-2-6-14-9/h9-10,12H,2-8,11H2,1H3. The molecule has 1 saturated heterocycles.